The summed E-state index contributed by atoms with van der Waals surface area (Å²) in [5.41, 5.74) is 0. The maximum atomic E-state index is 12.5. The number of methoxy groups -OCH3 is 1. The molecule has 0 saturated carbocycles. The molecule has 0 aliphatic heterocycles. The summed E-state index contributed by atoms with van der Waals surface area (Å²) in [5.74, 6) is -0.371. The molecule has 0 saturated heterocycles. The summed E-state index contributed by atoms with van der Waals surface area (Å²) in [7, 11) is -2.19. The first-order valence-corrected chi connectivity index (χ1v) is 8.67. The zero-order chi connectivity index (χ0) is 16.8. The summed E-state index contributed by atoms with van der Waals surface area (Å²) in [6.07, 6.45) is 0. The molecular formula is C14H21ClN2O4S. The molecule has 1 atom stereocenters. The van der Waals surface area contributed by atoms with Crippen molar-refractivity contribution in [3.63, 3.8) is 0 Å². The van der Waals surface area contributed by atoms with Gasteiger partial charge in [-0.15, -0.1) is 0 Å². The summed E-state index contributed by atoms with van der Waals surface area (Å²) in [6, 6.07) is 5.67. The molecule has 1 aromatic rings. The second-order valence-corrected chi connectivity index (χ2v) is 7.18. The maximum absolute atomic E-state index is 12.5. The predicted molar refractivity (Wildman–Crippen MR) is 85.4 cm³/mol. The van der Waals surface area contributed by atoms with Gasteiger partial charge in [0.25, 0.3) is 0 Å². The van der Waals surface area contributed by atoms with Crippen molar-refractivity contribution >= 4 is 27.5 Å². The number of carbonyl (C=O) groups excluding carboxylic acids is 1. The molecule has 1 rings (SSSR count). The van der Waals surface area contributed by atoms with E-state index >= 15 is 0 Å². The van der Waals surface area contributed by atoms with E-state index < -0.39 is 10.0 Å². The predicted octanol–water partition coefficient (Wildman–Crippen LogP) is 1.50. The number of benzene rings is 1. The summed E-state index contributed by atoms with van der Waals surface area (Å²) in [6.45, 7) is 3.78. The van der Waals surface area contributed by atoms with Crippen LogP contribution < -0.4 is 5.32 Å². The van der Waals surface area contributed by atoms with E-state index in [9.17, 15) is 13.2 Å². The number of carbonyl (C=O) groups is 1. The average molecular weight is 349 g/mol. The molecule has 0 fully saturated rings. The largest absolute Gasteiger partial charge is 0.383 e. The lowest BCUT2D eigenvalue weighted by Gasteiger charge is -2.21. The van der Waals surface area contributed by atoms with Crippen LogP contribution >= 0.6 is 11.6 Å². The van der Waals surface area contributed by atoms with Gasteiger partial charge in [-0.1, -0.05) is 18.5 Å². The normalized spacial score (nSPS) is 13.1. The van der Waals surface area contributed by atoms with Gasteiger partial charge >= 0.3 is 0 Å². The molecular weight excluding hydrogens is 328 g/mol. The van der Waals surface area contributed by atoms with Gasteiger partial charge in [0, 0.05) is 24.7 Å². The van der Waals surface area contributed by atoms with Gasteiger partial charge in [-0.2, -0.15) is 4.31 Å². The van der Waals surface area contributed by atoms with E-state index in [1.54, 1.807) is 13.8 Å². The molecule has 0 aromatic heterocycles. The molecule has 0 aliphatic rings. The number of hydrogen-bond donors (Lipinski definition) is 1. The molecule has 0 unspecified atom stereocenters. The van der Waals surface area contributed by atoms with Gasteiger partial charge in [0.2, 0.25) is 15.9 Å². The Labute approximate surface area is 136 Å². The highest BCUT2D eigenvalue weighted by atomic mass is 35.5. The molecule has 0 spiro atoms. The highest BCUT2D eigenvalue weighted by molar-refractivity contribution is 7.89. The topological polar surface area (TPSA) is 75.7 Å². The molecule has 0 aliphatic carbocycles. The Morgan fingerprint density at radius 1 is 1.36 bits per heavy atom. The van der Waals surface area contributed by atoms with Crippen molar-refractivity contribution < 1.29 is 17.9 Å². The van der Waals surface area contributed by atoms with E-state index in [1.165, 1.54) is 31.4 Å². The van der Waals surface area contributed by atoms with Crippen LogP contribution in [0.4, 0.5) is 0 Å². The van der Waals surface area contributed by atoms with Crippen LogP contribution in [-0.4, -0.2) is 51.5 Å². The van der Waals surface area contributed by atoms with Crippen LogP contribution in [0.2, 0.25) is 5.02 Å². The number of nitrogens with one attached hydrogen (secondary N) is 1. The lowest BCUT2D eigenvalue weighted by molar-refractivity contribution is -0.122. The SMILES string of the molecule is CCN(CC(=O)N[C@H](C)COC)S(=O)(=O)c1ccc(Cl)cc1. The number of ether oxygens (including phenoxy) is 1. The van der Waals surface area contributed by atoms with Crippen LogP contribution in [-0.2, 0) is 19.6 Å². The highest BCUT2D eigenvalue weighted by Gasteiger charge is 2.25. The minimum atomic E-state index is -3.73. The highest BCUT2D eigenvalue weighted by Crippen LogP contribution is 2.18. The second-order valence-electron chi connectivity index (χ2n) is 4.81. The van der Waals surface area contributed by atoms with Crippen molar-refractivity contribution in [2.45, 2.75) is 24.8 Å². The first-order valence-electron chi connectivity index (χ1n) is 6.85. The average Bonchev–Trinajstić information content (AvgIpc) is 2.45. The fourth-order valence-corrected chi connectivity index (χ4v) is 3.43. The molecule has 0 bridgehead atoms. The van der Waals surface area contributed by atoms with E-state index in [4.69, 9.17) is 16.3 Å². The Morgan fingerprint density at radius 3 is 2.45 bits per heavy atom. The molecule has 6 nitrogen and oxygen atoms in total. The Hall–Kier alpha value is -1.15. The van der Waals surface area contributed by atoms with Gasteiger partial charge in [-0.05, 0) is 31.2 Å². The number of hydrogen-bond acceptors (Lipinski definition) is 4. The van der Waals surface area contributed by atoms with Crippen LogP contribution in [0.25, 0.3) is 0 Å². The summed E-state index contributed by atoms with van der Waals surface area (Å²) >= 11 is 5.76. The fourth-order valence-electron chi connectivity index (χ4n) is 1.89. The molecule has 1 amide bonds. The van der Waals surface area contributed by atoms with E-state index in [0.29, 0.717) is 11.6 Å². The molecule has 0 heterocycles. The number of nitrogens with zero attached hydrogens (tertiary/aromatic N) is 1. The first kappa shape index (κ1) is 18.9. The number of likely N-dealkylation sites (N-methyl/N-ethyl adjacent to an activating group) is 1. The van der Waals surface area contributed by atoms with Gasteiger partial charge in [0.05, 0.1) is 18.0 Å². The van der Waals surface area contributed by atoms with Crippen LogP contribution in [0.5, 0.6) is 0 Å². The van der Waals surface area contributed by atoms with Gasteiger partial charge in [-0.25, -0.2) is 8.42 Å². The summed E-state index contributed by atoms with van der Waals surface area (Å²) in [4.78, 5) is 12.0. The molecule has 22 heavy (non-hydrogen) atoms. The van der Waals surface area contributed by atoms with Gasteiger partial charge in [0.15, 0.2) is 0 Å². The van der Waals surface area contributed by atoms with E-state index in [2.05, 4.69) is 5.32 Å². The minimum absolute atomic E-state index is 0.108. The zero-order valence-corrected chi connectivity index (χ0v) is 14.4. The van der Waals surface area contributed by atoms with Crippen LogP contribution in [0, 0.1) is 0 Å². The van der Waals surface area contributed by atoms with Crippen molar-refractivity contribution in [2.75, 3.05) is 26.8 Å². The summed E-state index contributed by atoms with van der Waals surface area (Å²) in [5, 5.41) is 3.14. The van der Waals surface area contributed by atoms with Crippen molar-refractivity contribution in [3.05, 3.63) is 29.3 Å². The van der Waals surface area contributed by atoms with Crippen LogP contribution in [0.1, 0.15) is 13.8 Å². The number of sulfonamides is 1. The van der Waals surface area contributed by atoms with Gasteiger partial charge < -0.3 is 10.1 Å². The third-order valence-electron chi connectivity index (χ3n) is 2.95. The third kappa shape index (κ3) is 5.24. The molecule has 124 valence electrons. The lowest BCUT2D eigenvalue weighted by atomic mass is 10.3. The smallest absolute Gasteiger partial charge is 0.243 e. The van der Waals surface area contributed by atoms with Crippen molar-refractivity contribution in [1.82, 2.24) is 9.62 Å². The van der Waals surface area contributed by atoms with E-state index in [1.807, 2.05) is 0 Å². The Bertz CT molecular complexity index is 589. The second kappa shape index (κ2) is 8.47. The Balaban J connectivity index is 2.82. The summed E-state index contributed by atoms with van der Waals surface area (Å²) < 4.78 is 31.0. The molecule has 8 heteroatoms. The number of halogens is 1. The van der Waals surface area contributed by atoms with E-state index in [0.717, 1.165) is 4.31 Å². The van der Waals surface area contributed by atoms with Crippen LogP contribution in [0.15, 0.2) is 29.2 Å². The number of amides is 1. The molecule has 1 aromatic carbocycles. The molecule has 1 N–H and O–H groups in total. The standard InChI is InChI=1S/C14H21ClN2O4S/c1-4-17(9-14(18)16-11(2)10-21-3)22(19,20)13-7-5-12(15)6-8-13/h5-8,11H,4,9-10H2,1-3H3,(H,16,18)/t11-/m1/s1. The quantitative estimate of drug-likeness (QED) is 0.772. The van der Waals surface area contributed by atoms with Crippen LogP contribution in [0.3, 0.4) is 0 Å². The first-order chi connectivity index (χ1) is 10.3. The monoisotopic (exact) mass is 348 g/mol. The Kier molecular flexibility index (Phi) is 7.28. The maximum Gasteiger partial charge on any atom is 0.243 e. The van der Waals surface area contributed by atoms with Gasteiger partial charge in [-0.3, -0.25) is 4.79 Å². The zero-order valence-electron chi connectivity index (χ0n) is 12.9. The minimum Gasteiger partial charge on any atom is -0.383 e. The van der Waals surface area contributed by atoms with Crippen molar-refractivity contribution in [3.8, 4) is 0 Å². The number of rotatable bonds is 8. The Morgan fingerprint density at radius 2 is 1.95 bits per heavy atom. The fraction of sp³-hybridized carbons (Fsp3) is 0.500. The van der Waals surface area contributed by atoms with Crippen molar-refractivity contribution in [1.29, 1.82) is 0 Å². The van der Waals surface area contributed by atoms with E-state index in [-0.39, 0.29) is 29.9 Å². The lowest BCUT2D eigenvalue weighted by Crippen LogP contribution is -2.44. The third-order valence-corrected chi connectivity index (χ3v) is 5.14. The molecule has 0 radical (unpaired) electrons. The van der Waals surface area contributed by atoms with Gasteiger partial charge in [0.1, 0.15) is 0 Å². The van der Waals surface area contributed by atoms with Crippen molar-refractivity contribution in [2.24, 2.45) is 0 Å².